The fourth-order valence-electron chi connectivity index (χ4n) is 6.27. The lowest BCUT2D eigenvalue weighted by Gasteiger charge is -2.38. The van der Waals surface area contributed by atoms with Crippen LogP contribution in [0.1, 0.15) is 46.3 Å². The quantitative estimate of drug-likeness (QED) is 0.135. The highest BCUT2D eigenvalue weighted by Gasteiger charge is 2.60. The van der Waals surface area contributed by atoms with E-state index in [1.54, 1.807) is 11.8 Å². The van der Waals surface area contributed by atoms with E-state index in [-0.39, 0.29) is 19.1 Å². The molecule has 6 rings (SSSR count). The molecule has 1 unspecified atom stereocenters. The lowest BCUT2D eigenvalue weighted by molar-refractivity contribution is -0.169. The molecule has 6 nitrogen and oxygen atoms in total. The van der Waals surface area contributed by atoms with E-state index in [1.165, 1.54) is 0 Å². The van der Waals surface area contributed by atoms with E-state index in [4.69, 9.17) is 9.47 Å². The van der Waals surface area contributed by atoms with Gasteiger partial charge in [0.05, 0.1) is 31.5 Å². The van der Waals surface area contributed by atoms with Crippen molar-refractivity contribution in [3.8, 4) is 0 Å². The maximum absolute atomic E-state index is 15.2. The van der Waals surface area contributed by atoms with Gasteiger partial charge >= 0.3 is 5.97 Å². The summed E-state index contributed by atoms with van der Waals surface area (Å²) in [6, 6.07) is 41.6. The summed E-state index contributed by atoms with van der Waals surface area (Å²) in [7, 11) is 0. The Labute approximate surface area is 284 Å². The molecule has 1 amide bonds. The first-order valence-corrected chi connectivity index (χ1v) is 16.6. The van der Waals surface area contributed by atoms with E-state index in [2.05, 4.69) is 21.2 Å². The summed E-state index contributed by atoms with van der Waals surface area (Å²) in [4.78, 5) is 31.3. The summed E-state index contributed by atoms with van der Waals surface area (Å²) < 4.78 is 13.5. The van der Waals surface area contributed by atoms with E-state index in [1.807, 2.05) is 140 Å². The topological polar surface area (TPSA) is 67.9 Å². The van der Waals surface area contributed by atoms with E-state index in [0.29, 0.717) is 17.8 Å². The first kappa shape index (κ1) is 32.4. The lowest BCUT2D eigenvalue weighted by atomic mass is 9.85. The Morgan fingerprint density at radius 3 is 2.04 bits per heavy atom. The van der Waals surface area contributed by atoms with Crippen molar-refractivity contribution in [2.24, 2.45) is 0 Å². The minimum atomic E-state index is -1.77. The molecule has 0 saturated carbocycles. The highest BCUT2D eigenvalue weighted by molar-refractivity contribution is 9.10. The molecule has 0 radical (unpaired) electrons. The Morgan fingerprint density at radius 1 is 0.830 bits per heavy atom. The highest BCUT2D eigenvalue weighted by Crippen LogP contribution is 2.48. The van der Waals surface area contributed by atoms with Crippen LogP contribution in [0, 0.1) is 6.92 Å². The Balaban J connectivity index is 1.55. The number of amides is 1. The number of nitrogens with one attached hydrogen (secondary N) is 1. The fraction of sp³-hybridized carbons (Fsp3) is 0.200. The predicted octanol–water partition coefficient (Wildman–Crippen LogP) is 8.03. The molecule has 238 valence electrons. The van der Waals surface area contributed by atoms with Crippen LogP contribution in [0.2, 0.25) is 0 Å². The molecule has 0 aliphatic carbocycles. The molecule has 7 heteroatoms. The van der Waals surface area contributed by atoms with Gasteiger partial charge in [-0.2, -0.15) is 0 Å². The van der Waals surface area contributed by atoms with Crippen LogP contribution in [0.25, 0.3) is 0 Å². The van der Waals surface area contributed by atoms with Gasteiger partial charge < -0.3 is 14.4 Å². The largest absolute Gasteiger partial charge is 0.465 e. The summed E-state index contributed by atoms with van der Waals surface area (Å²) in [5.74, 6) is -0.913. The number of ether oxygens (including phenoxy) is 2. The van der Waals surface area contributed by atoms with Gasteiger partial charge in [-0.05, 0) is 59.9 Å². The third kappa shape index (κ3) is 6.65. The Morgan fingerprint density at radius 2 is 1.43 bits per heavy atom. The van der Waals surface area contributed by atoms with Gasteiger partial charge in [-0.1, -0.05) is 131 Å². The summed E-state index contributed by atoms with van der Waals surface area (Å²) in [5.41, 5.74) is 4.26. The summed E-state index contributed by atoms with van der Waals surface area (Å²) in [5, 5.41) is 3.62. The summed E-state index contributed by atoms with van der Waals surface area (Å²) >= 11 is 3.65. The van der Waals surface area contributed by atoms with Gasteiger partial charge in [0, 0.05) is 10.0 Å². The number of fused-ring (bicyclic) bond motifs is 1. The third-order valence-corrected chi connectivity index (χ3v) is 9.13. The highest BCUT2D eigenvalue weighted by atomic mass is 79.9. The molecule has 0 bridgehead atoms. The van der Waals surface area contributed by atoms with Crippen molar-refractivity contribution >= 4 is 33.5 Å². The minimum absolute atomic E-state index is 0.0997. The Kier molecular flexibility index (Phi) is 9.97. The summed E-state index contributed by atoms with van der Waals surface area (Å²) in [6.45, 7) is 4.32. The van der Waals surface area contributed by atoms with Gasteiger partial charge in [-0.25, -0.2) is 0 Å². The molecule has 0 spiro atoms. The second-order valence-electron chi connectivity index (χ2n) is 11.6. The molecule has 5 aromatic rings. The molecule has 1 aliphatic heterocycles. The normalized spacial score (nSPS) is 16.3. The minimum Gasteiger partial charge on any atom is -0.465 e. The summed E-state index contributed by atoms with van der Waals surface area (Å²) in [6.07, 6.45) is 0. The molecule has 5 aromatic carbocycles. The number of carbonyl (C=O) groups excluding carboxylic acids is 2. The van der Waals surface area contributed by atoms with Crippen LogP contribution in [0.15, 0.2) is 138 Å². The van der Waals surface area contributed by atoms with Gasteiger partial charge in [0.15, 0.2) is 0 Å². The molecule has 0 fully saturated rings. The molecule has 0 saturated heterocycles. The Bertz CT molecular complexity index is 1790. The monoisotopic (exact) mass is 688 g/mol. The third-order valence-electron chi connectivity index (χ3n) is 8.64. The Hall–Kier alpha value is -4.56. The van der Waals surface area contributed by atoms with Crippen LogP contribution >= 0.6 is 15.9 Å². The zero-order chi connectivity index (χ0) is 32.8. The van der Waals surface area contributed by atoms with Crippen molar-refractivity contribution < 1.29 is 19.1 Å². The number of nitrogens with zero attached hydrogens (tertiary/aromatic N) is 1. The van der Waals surface area contributed by atoms with Gasteiger partial charge in [-0.3, -0.25) is 14.9 Å². The molecule has 0 aromatic heterocycles. The number of benzene rings is 5. The zero-order valence-electron chi connectivity index (χ0n) is 26.4. The maximum atomic E-state index is 15.2. The average Bonchev–Trinajstić information content (AvgIpc) is 3.32. The SMILES string of the molecule is CCOC(=O)C(NC(c1ccccc1)c1ccccc1)[C@]1(OCc2ccccc2C)C(=O)N(Cc2ccccc2)c2ccc(Br)cc21. The van der Waals surface area contributed by atoms with Crippen LogP contribution < -0.4 is 10.2 Å². The van der Waals surface area contributed by atoms with Crippen molar-refractivity contribution in [3.63, 3.8) is 0 Å². The van der Waals surface area contributed by atoms with Crippen LogP contribution in [0.3, 0.4) is 0 Å². The number of anilines is 1. The molecule has 1 aliphatic rings. The van der Waals surface area contributed by atoms with Crippen molar-refractivity contribution in [1.82, 2.24) is 5.32 Å². The second-order valence-corrected chi connectivity index (χ2v) is 12.5. The van der Waals surface area contributed by atoms with Crippen molar-refractivity contribution in [2.75, 3.05) is 11.5 Å². The second kappa shape index (κ2) is 14.5. The lowest BCUT2D eigenvalue weighted by Crippen LogP contribution is -2.60. The molecular formula is C40H37BrN2O4. The standard InChI is InChI=1S/C40H37BrN2O4/c1-3-46-38(44)37(42-36(30-18-9-5-10-19-30)31-20-11-6-12-21-31)40(47-27-32-22-14-13-15-28(32)2)34-25-33(41)23-24-35(34)43(39(40)45)26-29-16-7-4-8-17-29/h4-25,36-37,42H,3,26-27H2,1-2H3/t37?,40-/m0/s1. The average molecular weight is 690 g/mol. The molecular weight excluding hydrogens is 652 g/mol. The van der Waals surface area contributed by atoms with Crippen molar-refractivity contribution in [2.45, 2.75) is 44.7 Å². The number of carbonyl (C=O) groups is 2. The number of rotatable bonds is 12. The first-order valence-electron chi connectivity index (χ1n) is 15.8. The van der Waals surface area contributed by atoms with Gasteiger partial charge in [0.2, 0.25) is 5.60 Å². The zero-order valence-corrected chi connectivity index (χ0v) is 28.0. The van der Waals surface area contributed by atoms with E-state index < -0.39 is 23.7 Å². The number of hydrogen-bond donors (Lipinski definition) is 1. The van der Waals surface area contributed by atoms with Crippen LogP contribution in [0.4, 0.5) is 5.69 Å². The number of hydrogen-bond acceptors (Lipinski definition) is 5. The van der Waals surface area contributed by atoms with Crippen LogP contribution in [-0.4, -0.2) is 24.5 Å². The molecule has 2 atom stereocenters. The molecule has 1 heterocycles. The van der Waals surface area contributed by atoms with Crippen molar-refractivity contribution in [1.29, 1.82) is 0 Å². The maximum Gasteiger partial charge on any atom is 0.327 e. The van der Waals surface area contributed by atoms with E-state index >= 15 is 4.79 Å². The van der Waals surface area contributed by atoms with Gasteiger partial charge in [0.1, 0.15) is 6.04 Å². The van der Waals surface area contributed by atoms with Gasteiger partial charge in [-0.15, -0.1) is 0 Å². The predicted molar refractivity (Wildman–Crippen MR) is 188 cm³/mol. The van der Waals surface area contributed by atoms with E-state index in [0.717, 1.165) is 32.3 Å². The number of aryl methyl sites for hydroxylation is 1. The smallest absolute Gasteiger partial charge is 0.327 e. The molecule has 1 N–H and O–H groups in total. The number of esters is 1. The number of halogens is 1. The first-order chi connectivity index (χ1) is 22.9. The molecule has 47 heavy (non-hydrogen) atoms. The van der Waals surface area contributed by atoms with Crippen LogP contribution in [-0.2, 0) is 37.8 Å². The van der Waals surface area contributed by atoms with E-state index in [9.17, 15) is 4.79 Å². The fourth-order valence-corrected chi connectivity index (χ4v) is 6.64. The van der Waals surface area contributed by atoms with Gasteiger partial charge in [0.25, 0.3) is 5.91 Å². The van der Waals surface area contributed by atoms with Crippen molar-refractivity contribution in [3.05, 3.63) is 171 Å². The van der Waals surface area contributed by atoms with Crippen LogP contribution in [0.5, 0.6) is 0 Å².